The number of nitrogens with one attached hydrogen (secondary N) is 2. The fourth-order valence-electron chi connectivity index (χ4n) is 2.14. The van der Waals surface area contributed by atoms with E-state index >= 15 is 0 Å². The van der Waals surface area contributed by atoms with Crippen molar-refractivity contribution in [3.8, 4) is 5.75 Å². The van der Waals surface area contributed by atoms with Crippen molar-refractivity contribution in [1.82, 2.24) is 15.5 Å². The van der Waals surface area contributed by atoms with Gasteiger partial charge >= 0.3 is 0 Å². The first-order valence-electron chi connectivity index (χ1n) is 7.36. The molecule has 0 bridgehead atoms. The zero-order valence-corrected chi connectivity index (χ0v) is 14.0. The molecule has 0 aliphatic carbocycles. The first-order valence-corrected chi connectivity index (χ1v) is 7.36. The molecule has 2 aromatic rings. The van der Waals surface area contributed by atoms with E-state index in [1.807, 2.05) is 0 Å². The zero-order chi connectivity index (χ0) is 16.1. The molecule has 24 heavy (non-hydrogen) atoms. The molecule has 1 aromatic carbocycles. The summed E-state index contributed by atoms with van der Waals surface area (Å²) in [6.45, 7) is 3.79. The highest BCUT2D eigenvalue weighted by atomic mass is 35.5. The smallest absolute Gasteiger partial charge is 0.254 e. The number of rotatable bonds is 5. The van der Waals surface area contributed by atoms with Crippen LogP contribution in [0.3, 0.4) is 0 Å². The average molecular weight is 355 g/mol. The number of benzene rings is 1. The molecule has 0 spiro atoms. The first kappa shape index (κ1) is 18.2. The summed E-state index contributed by atoms with van der Waals surface area (Å²) in [5.74, 6) is 1.48. The lowest BCUT2D eigenvalue weighted by Gasteiger charge is -2.22. The second kappa shape index (κ2) is 8.62. The van der Waals surface area contributed by atoms with Gasteiger partial charge in [-0.3, -0.25) is 4.79 Å². The van der Waals surface area contributed by atoms with Crippen LogP contribution in [0.25, 0.3) is 0 Å². The Morgan fingerprint density at radius 3 is 2.83 bits per heavy atom. The van der Waals surface area contributed by atoms with Gasteiger partial charge in [-0.1, -0.05) is 5.16 Å². The van der Waals surface area contributed by atoms with Gasteiger partial charge in [0.1, 0.15) is 11.9 Å². The van der Waals surface area contributed by atoms with Gasteiger partial charge in [0, 0.05) is 25.7 Å². The quantitative estimate of drug-likeness (QED) is 0.835. The highest BCUT2D eigenvalue weighted by Gasteiger charge is 2.21. The number of amides is 1. The molecule has 1 fully saturated rings. The van der Waals surface area contributed by atoms with Crippen molar-refractivity contribution in [3.05, 3.63) is 36.0 Å². The van der Waals surface area contributed by atoms with E-state index in [0.29, 0.717) is 36.3 Å². The van der Waals surface area contributed by atoms with Crippen molar-refractivity contribution in [2.45, 2.75) is 19.6 Å². The number of aromatic nitrogens is 2. The Morgan fingerprint density at radius 1 is 1.42 bits per heavy atom. The van der Waals surface area contributed by atoms with Crippen LogP contribution in [0.5, 0.6) is 5.75 Å². The van der Waals surface area contributed by atoms with Gasteiger partial charge in [-0.15, -0.1) is 12.4 Å². The van der Waals surface area contributed by atoms with E-state index in [1.54, 1.807) is 31.2 Å². The maximum absolute atomic E-state index is 12.0. The summed E-state index contributed by atoms with van der Waals surface area (Å²) < 4.78 is 15.8. The molecule has 1 aliphatic rings. The SMILES string of the molecule is Cc1nc(COc2ccc(NC(=O)C3CNCCO3)cc2)no1.Cl. The van der Waals surface area contributed by atoms with Gasteiger partial charge in [0.15, 0.2) is 6.61 Å². The number of carbonyl (C=O) groups is 1. The van der Waals surface area contributed by atoms with Crippen molar-refractivity contribution in [2.75, 3.05) is 25.0 Å². The van der Waals surface area contributed by atoms with Crippen LogP contribution in [0.4, 0.5) is 5.69 Å². The molecule has 1 unspecified atom stereocenters. The van der Waals surface area contributed by atoms with E-state index in [2.05, 4.69) is 20.8 Å². The number of ether oxygens (including phenoxy) is 2. The summed E-state index contributed by atoms with van der Waals surface area (Å²) >= 11 is 0. The van der Waals surface area contributed by atoms with Gasteiger partial charge in [-0.2, -0.15) is 4.98 Å². The Hall–Kier alpha value is -2.16. The summed E-state index contributed by atoms with van der Waals surface area (Å²) in [4.78, 5) is 16.1. The molecule has 3 rings (SSSR count). The Kier molecular flexibility index (Phi) is 6.53. The Morgan fingerprint density at radius 2 is 2.21 bits per heavy atom. The molecule has 1 saturated heterocycles. The van der Waals surface area contributed by atoms with E-state index in [9.17, 15) is 4.79 Å². The Balaban J connectivity index is 0.00000208. The van der Waals surface area contributed by atoms with Crippen molar-refractivity contribution >= 4 is 24.0 Å². The average Bonchev–Trinajstić information content (AvgIpc) is 3.00. The van der Waals surface area contributed by atoms with Gasteiger partial charge in [-0.25, -0.2) is 0 Å². The van der Waals surface area contributed by atoms with Crippen molar-refractivity contribution in [2.24, 2.45) is 0 Å². The van der Waals surface area contributed by atoms with Crippen LogP contribution < -0.4 is 15.4 Å². The van der Waals surface area contributed by atoms with Crippen LogP contribution in [0, 0.1) is 6.92 Å². The lowest BCUT2D eigenvalue weighted by Crippen LogP contribution is -2.45. The number of aryl methyl sites for hydroxylation is 1. The van der Waals surface area contributed by atoms with E-state index in [4.69, 9.17) is 14.0 Å². The van der Waals surface area contributed by atoms with Crippen molar-refractivity contribution in [1.29, 1.82) is 0 Å². The van der Waals surface area contributed by atoms with Crippen LogP contribution in [-0.2, 0) is 16.1 Å². The van der Waals surface area contributed by atoms with Crippen molar-refractivity contribution in [3.63, 3.8) is 0 Å². The highest BCUT2D eigenvalue weighted by molar-refractivity contribution is 5.94. The molecule has 1 aliphatic heterocycles. The maximum Gasteiger partial charge on any atom is 0.254 e. The molecule has 1 atom stereocenters. The molecule has 130 valence electrons. The predicted molar refractivity (Wildman–Crippen MR) is 88.3 cm³/mol. The zero-order valence-electron chi connectivity index (χ0n) is 13.2. The number of nitrogens with zero attached hydrogens (tertiary/aromatic N) is 2. The lowest BCUT2D eigenvalue weighted by atomic mass is 10.2. The molecule has 8 nitrogen and oxygen atoms in total. The minimum atomic E-state index is -0.457. The minimum absolute atomic E-state index is 0. The predicted octanol–water partition coefficient (Wildman–Crippen LogP) is 1.31. The molecule has 0 radical (unpaired) electrons. The van der Waals surface area contributed by atoms with Gasteiger partial charge in [0.2, 0.25) is 11.7 Å². The number of anilines is 1. The monoisotopic (exact) mass is 354 g/mol. The molecule has 1 amide bonds. The van der Waals surface area contributed by atoms with E-state index < -0.39 is 6.10 Å². The van der Waals surface area contributed by atoms with E-state index in [-0.39, 0.29) is 24.9 Å². The minimum Gasteiger partial charge on any atom is -0.485 e. The molecular formula is C15H19ClN4O4. The van der Waals surface area contributed by atoms with Crippen LogP contribution in [-0.4, -0.2) is 41.8 Å². The van der Waals surface area contributed by atoms with Crippen LogP contribution in [0.2, 0.25) is 0 Å². The third-order valence-electron chi connectivity index (χ3n) is 3.28. The van der Waals surface area contributed by atoms with Gasteiger partial charge in [-0.05, 0) is 24.3 Å². The number of hydrogen-bond donors (Lipinski definition) is 2. The summed E-state index contributed by atoms with van der Waals surface area (Å²) in [6, 6.07) is 7.07. The second-order valence-corrected chi connectivity index (χ2v) is 5.10. The van der Waals surface area contributed by atoms with Crippen LogP contribution >= 0.6 is 12.4 Å². The fourth-order valence-corrected chi connectivity index (χ4v) is 2.14. The second-order valence-electron chi connectivity index (χ2n) is 5.10. The largest absolute Gasteiger partial charge is 0.485 e. The van der Waals surface area contributed by atoms with Gasteiger partial charge < -0.3 is 24.6 Å². The highest BCUT2D eigenvalue weighted by Crippen LogP contribution is 2.17. The summed E-state index contributed by atoms with van der Waals surface area (Å²) in [5.41, 5.74) is 0.687. The summed E-state index contributed by atoms with van der Waals surface area (Å²) in [6.07, 6.45) is -0.457. The lowest BCUT2D eigenvalue weighted by molar-refractivity contribution is -0.128. The number of halogens is 1. The molecule has 9 heteroatoms. The summed E-state index contributed by atoms with van der Waals surface area (Å²) in [5, 5.41) is 9.69. The maximum atomic E-state index is 12.0. The fraction of sp³-hybridized carbons (Fsp3) is 0.400. The Bertz CT molecular complexity index is 656. The van der Waals surface area contributed by atoms with Crippen LogP contribution in [0.15, 0.2) is 28.8 Å². The standard InChI is InChI=1S/C15H18N4O4.ClH/c1-10-17-14(19-23-10)9-22-12-4-2-11(3-5-12)18-15(20)13-8-16-6-7-21-13;/h2-5,13,16H,6-9H2,1H3,(H,18,20);1H. The molecule has 2 N–H and O–H groups in total. The third kappa shape index (κ3) is 4.92. The number of carbonyl (C=O) groups excluding carboxylic acids is 1. The first-order chi connectivity index (χ1) is 11.2. The Labute approximate surface area is 145 Å². The normalized spacial score (nSPS) is 17.0. The van der Waals surface area contributed by atoms with E-state index in [0.717, 1.165) is 6.54 Å². The van der Waals surface area contributed by atoms with Gasteiger partial charge in [0.25, 0.3) is 5.91 Å². The molecule has 0 saturated carbocycles. The van der Waals surface area contributed by atoms with Crippen molar-refractivity contribution < 1.29 is 18.8 Å². The third-order valence-corrected chi connectivity index (χ3v) is 3.28. The molecule has 1 aromatic heterocycles. The molecular weight excluding hydrogens is 336 g/mol. The van der Waals surface area contributed by atoms with Gasteiger partial charge in [0.05, 0.1) is 6.61 Å². The molecule has 2 heterocycles. The van der Waals surface area contributed by atoms with E-state index in [1.165, 1.54) is 0 Å². The van der Waals surface area contributed by atoms with Crippen LogP contribution in [0.1, 0.15) is 11.7 Å². The summed E-state index contributed by atoms with van der Waals surface area (Å²) in [7, 11) is 0. The number of hydrogen-bond acceptors (Lipinski definition) is 7. The topological polar surface area (TPSA) is 98.5 Å². The number of morpholine rings is 1.